The number of aryl methyl sites for hydroxylation is 1. The van der Waals surface area contributed by atoms with Gasteiger partial charge in [0.2, 0.25) is 0 Å². The molecule has 1 heterocycles. The molecule has 0 aliphatic carbocycles. The Morgan fingerprint density at radius 1 is 1.41 bits per heavy atom. The molecule has 0 atom stereocenters. The molecule has 6 nitrogen and oxygen atoms in total. The van der Waals surface area contributed by atoms with Crippen molar-refractivity contribution < 1.29 is 9.53 Å². The van der Waals surface area contributed by atoms with E-state index in [0.29, 0.717) is 11.6 Å². The van der Waals surface area contributed by atoms with Crippen molar-refractivity contribution in [2.24, 2.45) is 7.05 Å². The Kier molecular flexibility index (Phi) is 3.34. The van der Waals surface area contributed by atoms with Gasteiger partial charge in [-0.3, -0.25) is 4.79 Å². The predicted octanol–water partition coefficient (Wildman–Crippen LogP) is 0.833. The third kappa shape index (κ3) is 3.30. The summed E-state index contributed by atoms with van der Waals surface area (Å²) >= 11 is 0. The van der Waals surface area contributed by atoms with Crippen LogP contribution in [0.15, 0.2) is 36.5 Å². The number of amides is 1. The van der Waals surface area contributed by atoms with Gasteiger partial charge in [-0.05, 0) is 12.1 Å². The first-order valence-electron chi connectivity index (χ1n) is 5.08. The minimum absolute atomic E-state index is 0.0550. The fourth-order valence-electron chi connectivity index (χ4n) is 1.25. The number of hydrogen-bond acceptors (Lipinski definition) is 4. The molecule has 6 heteroatoms. The van der Waals surface area contributed by atoms with E-state index in [2.05, 4.69) is 15.5 Å². The first-order valence-corrected chi connectivity index (χ1v) is 5.08. The maximum absolute atomic E-state index is 11.5. The number of para-hydroxylation sites is 1. The summed E-state index contributed by atoms with van der Waals surface area (Å²) in [6, 6.07) is 9.14. The average molecular weight is 232 g/mol. The van der Waals surface area contributed by atoms with Crippen molar-refractivity contribution in [3.63, 3.8) is 0 Å². The fraction of sp³-hybridized carbons (Fsp3) is 0.182. The molecule has 0 radical (unpaired) electrons. The van der Waals surface area contributed by atoms with Crippen LogP contribution < -0.4 is 10.1 Å². The molecule has 0 saturated carbocycles. The Morgan fingerprint density at radius 2 is 2.18 bits per heavy atom. The van der Waals surface area contributed by atoms with Crippen LogP contribution >= 0.6 is 0 Å². The lowest BCUT2D eigenvalue weighted by Crippen LogP contribution is -2.20. The number of carbonyl (C=O) groups is 1. The molecule has 2 rings (SSSR count). The lowest BCUT2D eigenvalue weighted by molar-refractivity contribution is -0.118. The van der Waals surface area contributed by atoms with Crippen LogP contribution in [-0.2, 0) is 11.8 Å². The van der Waals surface area contributed by atoms with E-state index in [9.17, 15) is 4.79 Å². The summed E-state index contributed by atoms with van der Waals surface area (Å²) < 4.78 is 5.28. The van der Waals surface area contributed by atoms with Crippen LogP contribution in [0.5, 0.6) is 5.75 Å². The summed E-state index contributed by atoms with van der Waals surface area (Å²) in [7, 11) is 1.68. The third-order valence-corrected chi connectivity index (χ3v) is 1.98. The lowest BCUT2D eigenvalue weighted by Gasteiger charge is -2.04. The van der Waals surface area contributed by atoms with Crippen molar-refractivity contribution in [1.29, 1.82) is 0 Å². The fourth-order valence-corrected chi connectivity index (χ4v) is 1.25. The SMILES string of the molecule is Cn1ncc(NC(=O)COc2ccccc2)n1. The van der Waals surface area contributed by atoms with Gasteiger partial charge in [-0.15, -0.1) is 5.10 Å². The van der Waals surface area contributed by atoms with Crippen LogP contribution in [0.3, 0.4) is 0 Å². The Balaban J connectivity index is 1.82. The predicted molar refractivity (Wildman–Crippen MR) is 61.6 cm³/mol. The van der Waals surface area contributed by atoms with Crippen LogP contribution in [0.1, 0.15) is 0 Å². The molecule has 1 N–H and O–H groups in total. The Hall–Kier alpha value is -2.37. The molecule has 0 aliphatic heterocycles. The van der Waals surface area contributed by atoms with Crippen LogP contribution in [-0.4, -0.2) is 27.5 Å². The number of aromatic nitrogens is 3. The second kappa shape index (κ2) is 5.11. The van der Waals surface area contributed by atoms with Crippen LogP contribution in [0, 0.1) is 0 Å². The van der Waals surface area contributed by atoms with E-state index in [1.54, 1.807) is 19.2 Å². The van der Waals surface area contributed by atoms with Crippen LogP contribution in [0.4, 0.5) is 5.82 Å². The highest BCUT2D eigenvalue weighted by Gasteiger charge is 2.05. The minimum Gasteiger partial charge on any atom is -0.484 e. The van der Waals surface area contributed by atoms with Crippen molar-refractivity contribution in [2.45, 2.75) is 0 Å². The van der Waals surface area contributed by atoms with E-state index < -0.39 is 0 Å². The molecule has 88 valence electrons. The van der Waals surface area contributed by atoms with Gasteiger partial charge in [0.15, 0.2) is 12.4 Å². The zero-order valence-electron chi connectivity index (χ0n) is 9.33. The van der Waals surface area contributed by atoms with Gasteiger partial charge in [-0.2, -0.15) is 9.90 Å². The van der Waals surface area contributed by atoms with Crippen molar-refractivity contribution in [3.05, 3.63) is 36.5 Å². The summed E-state index contributed by atoms with van der Waals surface area (Å²) in [5.41, 5.74) is 0. The van der Waals surface area contributed by atoms with Crippen LogP contribution in [0.2, 0.25) is 0 Å². The molecular formula is C11H12N4O2. The van der Waals surface area contributed by atoms with Crippen LogP contribution in [0.25, 0.3) is 0 Å². The van der Waals surface area contributed by atoms with Gasteiger partial charge in [-0.25, -0.2) is 0 Å². The van der Waals surface area contributed by atoms with E-state index in [0.717, 1.165) is 0 Å². The molecule has 0 bridgehead atoms. The van der Waals surface area contributed by atoms with Gasteiger partial charge < -0.3 is 10.1 Å². The van der Waals surface area contributed by atoms with Gasteiger partial charge in [0, 0.05) is 7.05 Å². The molecule has 0 spiro atoms. The van der Waals surface area contributed by atoms with Crippen molar-refractivity contribution in [1.82, 2.24) is 15.0 Å². The zero-order chi connectivity index (χ0) is 12.1. The smallest absolute Gasteiger partial charge is 0.263 e. The quantitative estimate of drug-likeness (QED) is 0.847. The summed E-state index contributed by atoms with van der Waals surface area (Å²) in [6.07, 6.45) is 1.47. The summed E-state index contributed by atoms with van der Waals surface area (Å²) in [5.74, 6) is 0.797. The Bertz CT molecular complexity index is 495. The standard InChI is InChI=1S/C11H12N4O2/c1-15-12-7-10(14-15)13-11(16)8-17-9-5-3-2-4-6-9/h2-7H,8H2,1H3,(H,13,14,16). The molecule has 0 saturated heterocycles. The molecule has 0 fully saturated rings. The first kappa shape index (κ1) is 11.1. The van der Waals surface area contributed by atoms with E-state index in [-0.39, 0.29) is 12.5 Å². The first-order chi connectivity index (χ1) is 8.24. The summed E-state index contributed by atoms with van der Waals surface area (Å²) in [6.45, 7) is -0.0550. The molecule has 17 heavy (non-hydrogen) atoms. The monoisotopic (exact) mass is 232 g/mol. The van der Waals surface area contributed by atoms with Gasteiger partial charge in [0.25, 0.3) is 5.91 Å². The molecule has 2 aromatic rings. The van der Waals surface area contributed by atoms with E-state index in [4.69, 9.17) is 4.74 Å². The van der Waals surface area contributed by atoms with E-state index >= 15 is 0 Å². The van der Waals surface area contributed by atoms with Gasteiger partial charge >= 0.3 is 0 Å². The van der Waals surface area contributed by atoms with E-state index in [1.807, 2.05) is 18.2 Å². The highest BCUT2D eigenvalue weighted by Crippen LogP contribution is 2.08. The number of rotatable bonds is 4. The molecule has 1 aromatic carbocycles. The average Bonchev–Trinajstić information content (AvgIpc) is 2.73. The van der Waals surface area contributed by atoms with Gasteiger partial charge in [-0.1, -0.05) is 18.2 Å². The molecule has 0 aliphatic rings. The number of nitrogens with zero attached hydrogens (tertiary/aromatic N) is 3. The maximum atomic E-state index is 11.5. The normalized spacial score (nSPS) is 9.94. The van der Waals surface area contributed by atoms with Crippen molar-refractivity contribution in [3.8, 4) is 5.75 Å². The molecular weight excluding hydrogens is 220 g/mol. The maximum Gasteiger partial charge on any atom is 0.263 e. The summed E-state index contributed by atoms with van der Waals surface area (Å²) in [4.78, 5) is 12.9. The number of nitrogens with one attached hydrogen (secondary N) is 1. The molecule has 1 amide bonds. The molecule has 1 aromatic heterocycles. The van der Waals surface area contributed by atoms with Gasteiger partial charge in [0.1, 0.15) is 5.75 Å². The number of hydrogen-bond donors (Lipinski definition) is 1. The highest BCUT2D eigenvalue weighted by molar-refractivity contribution is 5.90. The second-order valence-electron chi connectivity index (χ2n) is 3.37. The zero-order valence-corrected chi connectivity index (χ0v) is 9.33. The summed E-state index contributed by atoms with van der Waals surface area (Å²) in [5, 5.41) is 10.3. The third-order valence-electron chi connectivity index (χ3n) is 1.98. The van der Waals surface area contributed by atoms with E-state index in [1.165, 1.54) is 11.0 Å². The van der Waals surface area contributed by atoms with Crippen molar-refractivity contribution >= 4 is 11.7 Å². The number of anilines is 1. The minimum atomic E-state index is -0.269. The highest BCUT2D eigenvalue weighted by atomic mass is 16.5. The topological polar surface area (TPSA) is 69.0 Å². The number of carbonyl (C=O) groups excluding carboxylic acids is 1. The molecule has 0 unspecified atom stereocenters. The second-order valence-corrected chi connectivity index (χ2v) is 3.37. The lowest BCUT2D eigenvalue weighted by atomic mass is 10.3. The van der Waals surface area contributed by atoms with Gasteiger partial charge in [0.05, 0.1) is 6.20 Å². The van der Waals surface area contributed by atoms with Crippen molar-refractivity contribution in [2.75, 3.05) is 11.9 Å². The number of benzene rings is 1. The largest absolute Gasteiger partial charge is 0.484 e. The Labute approximate surface area is 98.2 Å². The Morgan fingerprint density at radius 3 is 2.82 bits per heavy atom. The number of ether oxygens (including phenoxy) is 1.